The second kappa shape index (κ2) is 4.58. The van der Waals surface area contributed by atoms with Gasteiger partial charge in [-0.1, -0.05) is 12.1 Å². The van der Waals surface area contributed by atoms with Crippen LogP contribution in [0.5, 0.6) is 0 Å². The van der Waals surface area contributed by atoms with Crippen LogP contribution < -0.4 is 0 Å². The highest BCUT2D eigenvalue weighted by Crippen LogP contribution is 2.16. The Balaban J connectivity index is 2.34. The van der Waals surface area contributed by atoms with E-state index in [1.54, 1.807) is 0 Å². The van der Waals surface area contributed by atoms with Crippen LogP contribution in [0, 0.1) is 11.6 Å². The lowest BCUT2D eigenvalue weighted by Gasteiger charge is -2.04. The van der Waals surface area contributed by atoms with Gasteiger partial charge in [-0.05, 0) is 37.9 Å². The van der Waals surface area contributed by atoms with Gasteiger partial charge < -0.3 is 0 Å². The van der Waals surface area contributed by atoms with E-state index >= 15 is 0 Å². The van der Waals surface area contributed by atoms with Gasteiger partial charge in [-0.2, -0.15) is 4.98 Å². The Morgan fingerprint density at radius 1 is 1.25 bits per heavy atom. The fourth-order valence-electron chi connectivity index (χ4n) is 1.23. The lowest BCUT2D eigenvalue weighted by molar-refractivity contribution is 0.490. The Morgan fingerprint density at radius 3 is 2.62 bits per heavy atom. The summed E-state index contributed by atoms with van der Waals surface area (Å²) in [6.07, 6.45) is 0. The van der Waals surface area contributed by atoms with Gasteiger partial charge in [0.1, 0.15) is 0 Å². The molecular weight excluding hydrogens is 348 g/mol. The summed E-state index contributed by atoms with van der Waals surface area (Å²) >= 11 is 6.25. The molecule has 2 rings (SSSR count). The van der Waals surface area contributed by atoms with E-state index in [1.165, 1.54) is 16.8 Å². The van der Waals surface area contributed by atoms with Crippen LogP contribution in [-0.2, 0) is 6.54 Å². The Labute approximate surface area is 107 Å². The first-order chi connectivity index (χ1) is 7.58. The highest BCUT2D eigenvalue weighted by Gasteiger charge is 2.11. The van der Waals surface area contributed by atoms with E-state index in [2.05, 4.69) is 41.9 Å². The number of nitrogens with zero attached hydrogens (tertiary/aromatic N) is 3. The van der Waals surface area contributed by atoms with Crippen molar-refractivity contribution in [3.63, 3.8) is 0 Å². The zero-order valence-corrected chi connectivity index (χ0v) is 11.0. The molecule has 0 aliphatic heterocycles. The van der Waals surface area contributed by atoms with Crippen LogP contribution in [0.3, 0.4) is 0 Å². The molecule has 0 saturated heterocycles. The first kappa shape index (κ1) is 11.7. The van der Waals surface area contributed by atoms with Gasteiger partial charge in [-0.3, -0.25) is 0 Å². The quantitative estimate of drug-likeness (QED) is 0.831. The molecular formula is C9H5Br2F2N3. The lowest BCUT2D eigenvalue weighted by Crippen LogP contribution is -2.05. The topological polar surface area (TPSA) is 30.7 Å². The van der Waals surface area contributed by atoms with Crippen LogP contribution >= 0.6 is 31.9 Å². The fraction of sp³-hybridized carbons (Fsp3) is 0.111. The van der Waals surface area contributed by atoms with Crippen molar-refractivity contribution in [3.05, 3.63) is 44.9 Å². The number of rotatable bonds is 2. The zero-order chi connectivity index (χ0) is 11.7. The number of halogens is 4. The van der Waals surface area contributed by atoms with E-state index in [0.717, 1.165) is 6.07 Å². The standard InChI is InChI=1S/C9H5Br2F2N3/c10-8-14-9(11)16(15-8)4-5-2-1-3-6(12)7(5)13/h1-3H,4H2. The van der Waals surface area contributed by atoms with Gasteiger partial charge in [0.2, 0.25) is 4.73 Å². The number of aromatic nitrogens is 3. The number of hydrogen-bond donors (Lipinski definition) is 0. The SMILES string of the molecule is Fc1cccc(Cn2nc(Br)nc2Br)c1F. The molecule has 1 heterocycles. The Bertz CT molecular complexity index is 527. The molecule has 1 aromatic heterocycles. The third-order valence-electron chi connectivity index (χ3n) is 1.95. The minimum Gasteiger partial charge on any atom is -0.235 e. The van der Waals surface area contributed by atoms with Crippen LogP contribution in [0.1, 0.15) is 5.56 Å². The average Bonchev–Trinajstić information content (AvgIpc) is 2.53. The summed E-state index contributed by atoms with van der Waals surface area (Å²) in [6.45, 7) is 0.114. The maximum Gasteiger partial charge on any atom is 0.218 e. The van der Waals surface area contributed by atoms with Crippen LogP contribution in [0.25, 0.3) is 0 Å². The largest absolute Gasteiger partial charge is 0.235 e. The van der Waals surface area contributed by atoms with Crippen LogP contribution in [-0.4, -0.2) is 14.8 Å². The molecule has 0 fully saturated rings. The summed E-state index contributed by atoms with van der Waals surface area (Å²) in [4.78, 5) is 3.93. The van der Waals surface area contributed by atoms with Crippen LogP contribution in [0.15, 0.2) is 27.7 Å². The summed E-state index contributed by atoms with van der Waals surface area (Å²) in [5, 5.41) is 3.96. The summed E-state index contributed by atoms with van der Waals surface area (Å²) in [5.41, 5.74) is 0.220. The first-order valence-corrected chi connectivity index (χ1v) is 5.85. The smallest absolute Gasteiger partial charge is 0.218 e. The summed E-state index contributed by atoms with van der Waals surface area (Å²) in [7, 11) is 0. The van der Waals surface area contributed by atoms with E-state index in [0.29, 0.717) is 9.47 Å². The molecule has 0 bridgehead atoms. The molecule has 0 aliphatic rings. The molecule has 84 valence electrons. The third-order valence-corrected chi connectivity index (χ3v) is 2.88. The van der Waals surface area contributed by atoms with Crippen molar-refractivity contribution >= 4 is 31.9 Å². The normalized spacial score (nSPS) is 10.8. The Kier molecular flexibility index (Phi) is 3.34. The monoisotopic (exact) mass is 351 g/mol. The first-order valence-electron chi connectivity index (χ1n) is 4.26. The second-order valence-electron chi connectivity index (χ2n) is 3.02. The van der Waals surface area contributed by atoms with E-state index in [1.807, 2.05) is 0 Å². The average molecular weight is 353 g/mol. The molecule has 0 radical (unpaired) electrons. The minimum atomic E-state index is -0.868. The molecule has 16 heavy (non-hydrogen) atoms. The molecule has 0 saturated carbocycles. The second-order valence-corrected chi connectivity index (χ2v) is 4.44. The van der Waals surface area contributed by atoms with Gasteiger partial charge >= 0.3 is 0 Å². The summed E-state index contributed by atoms with van der Waals surface area (Å²) in [5.74, 6) is -1.73. The van der Waals surface area contributed by atoms with Crippen molar-refractivity contribution in [2.75, 3.05) is 0 Å². The predicted octanol–water partition coefficient (Wildman–Crippen LogP) is 3.13. The molecule has 0 spiro atoms. The fourth-order valence-corrected chi connectivity index (χ4v) is 2.20. The van der Waals surface area contributed by atoms with Crippen LogP contribution in [0.4, 0.5) is 8.78 Å². The summed E-state index contributed by atoms with van der Waals surface area (Å²) < 4.78 is 28.6. The van der Waals surface area contributed by atoms with Gasteiger partial charge in [0.05, 0.1) is 6.54 Å². The molecule has 0 N–H and O–H groups in total. The number of hydrogen-bond acceptors (Lipinski definition) is 2. The summed E-state index contributed by atoms with van der Waals surface area (Å²) in [6, 6.07) is 4.03. The molecule has 0 amide bonds. The lowest BCUT2D eigenvalue weighted by atomic mass is 10.2. The molecule has 0 unspecified atom stereocenters. The zero-order valence-electron chi connectivity index (χ0n) is 7.79. The van der Waals surface area contributed by atoms with Crippen molar-refractivity contribution in [1.82, 2.24) is 14.8 Å². The van der Waals surface area contributed by atoms with E-state index in [-0.39, 0.29) is 12.1 Å². The molecule has 7 heteroatoms. The molecule has 1 aromatic carbocycles. The van der Waals surface area contributed by atoms with Gasteiger partial charge in [-0.15, -0.1) is 5.10 Å². The van der Waals surface area contributed by atoms with Gasteiger partial charge in [-0.25, -0.2) is 13.5 Å². The maximum atomic E-state index is 13.4. The number of benzene rings is 1. The van der Waals surface area contributed by atoms with Gasteiger partial charge in [0.15, 0.2) is 16.4 Å². The highest BCUT2D eigenvalue weighted by molar-refractivity contribution is 9.11. The molecule has 0 aliphatic carbocycles. The van der Waals surface area contributed by atoms with Crippen molar-refractivity contribution in [1.29, 1.82) is 0 Å². The van der Waals surface area contributed by atoms with Crippen molar-refractivity contribution in [2.45, 2.75) is 6.54 Å². The van der Waals surface area contributed by atoms with Crippen molar-refractivity contribution in [2.24, 2.45) is 0 Å². The van der Waals surface area contributed by atoms with E-state index in [9.17, 15) is 8.78 Å². The maximum absolute atomic E-state index is 13.4. The van der Waals surface area contributed by atoms with Crippen LogP contribution in [0.2, 0.25) is 0 Å². The van der Waals surface area contributed by atoms with E-state index in [4.69, 9.17) is 0 Å². The molecule has 2 aromatic rings. The van der Waals surface area contributed by atoms with Crippen molar-refractivity contribution in [3.8, 4) is 0 Å². The van der Waals surface area contributed by atoms with Crippen molar-refractivity contribution < 1.29 is 8.78 Å². The highest BCUT2D eigenvalue weighted by atomic mass is 79.9. The minimum absolute atomic E-state index is 0.114. The van der Waals surface area contributed by atoms with Gasteiger partial charge in [0.25, 0.3) is 0 Å². The van der Waals surface area contributed by atoms with E-state index < -0.39 is 11.6 Å². The third kappa shape index (κ3) is 2.30. The van der Waals surface area contributed by atoms with Gasteiger partial charge in [0, 0.05) is 5.56 Å². The Hall–Kier alpha value is -0.820. The predicted molar refractivity (Wildman–Crippen MR) is 60.9 cm³/mol. The Morgan fingerprint density at radius 2 is 2.00 bits per heavy atom. The molecule has 0 atom stereocenters. The molecule has 3 nitrogen and oxygen atoms in total.